The van der Waals surface area contributed by atoms with Crippen molar-refractivity contribution in [2.75, 3.05) is 18.0 Å². The molecule has 0 spiro atoms. The van der Waals surface area contributed by atoms with Gasteiger partial charge in [-0.1, -0.05) is 12.2 Å². The number of β-amino-alcohol motifs (C(OH)–C–C–N with tert-alkyl or cyclic N) is 1. The highest BCUT2D eigenvalue weighted by atomic mass is 32.1. The normalized spacial score (nSPS) is 20.6. The number of thiocarbonyl (C=S) groups is 1. The Morgan fingerprint density at radius 3 is 3.07 bits per heavy atom. The van der Waals surface area contributed by atoms with Gasteiger partial charge < -0.3 is 15.7 Å². The minimum atomic E-state index is -0.230. The molecule has 1 aliphatic heterocycles. The first-order valence-corrected chi connectivity index (χ1v) is 5.26. The van der Waals surface area contributed by atoms with Crippen LogP contribution in [0.3, 0.4) is 0 Å². The van der Waals surface area contributed by atoms with Gasteiger partial charge in [0, 0.05) is 25.0 Å². The van der Waals surface area contributed by atoms with Crippen LogP contribution in [0.15, 0.2) is 18.3 Å². The number of hydrogen-bond donors (Lipinski definition) is 2. The van der Waals surface area contributed by atoms with Gasteiger partial charge in [0.1, 0.15) is 4.99 Å². The van der Waals surface area contributed by atoms with Crippen molar-refractivity contribution in [3.8, 4) is 0 Å². The molecular formula is C10H13N3OS. The van der Waals surface area contributed by atoms with Gasteiger partial charge in [-0.05, 0) is 18.6 Å². The second-order valence-corrected chi connectivity index (χ2v) is 4.09. The summed E-state index contributed by atoms with van der Waals surface area (Å²) in [6, 6.07) is 3.76. The highest BCUT2D eigenvalue weighted by molar-refractivity contribution is 7.80. The van der Waals surface area contributed by atoms with Gasteiger partial charge in [-0.3, -0.25) is 4.98 Å². The average Bonchev–Trinajstić information content (AvgIpc) is 2.65. The van der Waals surface area contributed by atoms with Crippen molar-refractivity contribution in [3.63, 3.8) is 0 Å². The van der Waals surface area contributed by atoms with Gasteiger partial charge in [0.2, 0.25) is 0 Å². The van der Waals surface area contributed by atoms with Crippen molar-refractivity contribution in [2.24, 2.45) is 5.73 Å². The minimum absolute atomic E-state index is 0.230. The molecule has 2 heterocycles. The second-order valence-electron chi connectivity index (χ2n) is 3.65. The predicted molar refractivity (Wildman–Crippen MR) is 63.0 cm³/mol. The largest absolute Gasteiger partial charge is 0.391 e. The van der Waals surface area contributed by atoms with Crippen molar-refractivity contribution in [1.29, 1.82) is 0 Å². The number of rotatable bonds is 2. The molecule has 1 aliphatic rings. The standard InChI is InChI=1S/C10H13N3OS/c11-10(15)9-5-7(1-3-12-9)13-4-2-8(14)6-13/h1,3,5,8,14H,2,4,6H2,(H2,11,15). The first-order chi connectivity index (χ1) is 7.16. The number of nitrogens with two attached hydrogens (primary N) is 1. The topological polar surface area (TPSA) is 62.4 Å². The molecule has 1 aromatic heterocycles. The Morgan fingerprint density at radius 1 is 1.67 bits per heavy atom. The van der Waals surface area contributed by atoms with Crippen LogP contribution < -0.4 is 10.6 Å². The van der Waals surface area contributed by atoms with Crippen LogP contribution >= 0.6 is 12.2 Å². The van der Waals surface area contributed by atoms with Crippen LogP contribution in [0.5, 0.6) is 0 Å². The van der Waals surface area contributed by atoms with E-state index in [0.29, 0.717) is 17.2 Å². The first kappa shape index (κ1) is 10.3. The lowest BCUT2D eigenvalue weighted by molar-refractivity contribution is 0.198. The van der Waals surface area contributed by atoms with Gasteiger partial charge in [-0.25, -0.2) is 0 Å². The summed E-state index contributed by atoms with van der Waals surface area (Å²) >= 11 is 4.87. The summed E-state index contributed by atoms with van der Waals surface area (Å²) in [6.45, 7) is 1.53. The number of pyridine rings is 1. The van der Waals surface area contributed by atoms with Gasteiger partial charge in [-0.15, -0.1) is 0 Å². The molecule has 0 aromatic carbocycles. The van der Waals surface area contributed by atoms with E-state index in [9.17, 15) is 5.11 Å². The van der Waals surface area contributed by atoms with Crippen LogP contribution in [0, 0.1) is 0 Å². The fourth-order valence-corrected chi connectivity index (χ4v) is 1.84. The Balaban J connectivity index is 2.21. The lowest BCUT2D eigenvalue weighted by Gasteiger charge is -2.17. The third-order valence-electron chi connectivity index (χ3n) is 2.52. The van der Waals surface area contributed by atoms with E-state index in [-0.39, 0.29) is 6.10 Å². The molecule has 0 radical (unpaired) electrons. The smallest absolute Gasteiger partial charge is 0.122 e. The Labute approximate surface area is 93.7 Å². The first-order valence-electron chi connectivity index (χ1n) is 4.85. The lowest BCUT2D eigenvalue weighted by atomic mass is 10.3. The summed E-state index contributed by atoms with van der Waals surface area (Å²) in [4.78, 5) is 6.48. The Bertz CT molecular complexity index is 383. The van der Waals surface area contributed by atoms with Crippen LogP contribution in [-0.2, 0) is 0 Å². The van der Waals surface area contributed by atoms with E-state index in [1.807, 2.05) is 12.1 Å². The highest BCUT2D eigenvalue weighted by Gasteiger charge is 2.20. The maximum absolute atomic E-state index is 9.43. The fraction of sp³-hybridized carbons (Fsp3) is 0.400. The zero-order chi connectivity index (χ0) is 10.8. The third kappa shape index (κ3) is 2.24. The molecule has 0 amide bonds. The molecule has 0 saturated carbocycles. The molecule has 0 aliphatic carbocycles. The van der Waals surface area contributed by atoms with Gasteiger partial charge in [0.05, 0.1) is 11.8 Å². The summed E-state index contributed by atoms with van der Waals surface area (Å²) in [5.74, 6) is 0. The lowest BCUT2D eigenvalue weighted by Crippen LogP contribution is -2.22. The molecule has 0 bridgehead atoms. The van der Waals surface area contributed by atoms with Crippen LogP contribution in [0.4, 0.5) is 5.69 Å². The molecular weight excluding hydrogens is 210 g/mol. The van der Waals surface area contributed by atoms with E-state index in [0.717, 1.165) is 18.7 Å². The summed E-state index contributed by atoms with van der Waals surface area (Å²) in [6.07, 6.45) is 2.27. The van der Waals surface area contributed by atoms with Gasteiger partial charge in [0.25, 0.3) is 0 Å². The van der Waals surface area contributed by atoms with Crippen molar-refractivity contribution in [3.05, 3.63) is 24.0 Å². The number of hydrogen-bond acceptors (Lipinski definition) is 4. The number of aliphatic hydroxyl groups is 1. The molecule has 80 valence electrons. The number of aromatic nitrogens is 1. The molecule has 15 heavy (non-hydrogen) atoms. The molecule has 3 N–H and O–H groups in total. The molecule has 2 rings (SSSR count). The van der Waals surface area contributed by atoms with E-state index < -0.39 is 0 Å². The van der Waals surface area contributed by atoms with Crippen molar-refractivity contribution in [1.82, 2.24) is 4.98 Å². The van der Waals surface area contributed by atoms with Gasteiger partial charge in [0.15, 0.2) is 0 Å². The van der Waals surface area contributed by atoms with E-state index in [1.54, 1.807) is 6.20 Å². The monoisotopic (exact) mass is 223 g/mol. The number of anilines is 1. The van der Waals surface area contributed by atoms with Crippen molar-refractivity contribution < 1.29 is 5.11 Å². The van der Waals surface area contributed by atoms with E-state index in [4.69, 9.17) is 18.0 Å². The Hall–Kier alpha value is -1.20. The number of aliphatic hydroxyl groups excluding tert-OH is 1. The highest BCUT2D eigenvalue weighted by Crippen LogP contribution is 2.20. The van der Waals surface area contributed by atoms with E-state index in [1.165, 1.54) is 0 Å². The zero-order valence-electron chi connectivity index (χ0n) is 8.26. The van der Waals surface area contributed by atoms with Crippen molar-refractivity contribution >= 4 is 22.9 Å². The summed E-state index contributed by atoms with van der Waals surface area (Å²) in [5, 5.41) is 9.43. The molecule has 1 fully saturated rings. The molecule has 5 heteroatoms. The molecule has 1 atom stereocenters. The summed E-state index contributed by atoms with van der Waals surface area (Å²) < 4.78 is 0. The Morgan fingerprint density at radius 2 is 2.47 bits per heavy atom. The summed E-state index contributed by atoms with van der Waals surface area (Å²) in [5.41, 5.74) is 7.16. The zero-order valence-corrected chi connectivity index (χ0v) is 9.07. The van der Waals surface area contributed by atoms with Crippen LogP contribution in [0.1, 0.15) is 12.1 Å². The van der Waals surface area contributed by atoms with Crippen LogP contribution in [0.25, 0.3) is 0 Å². The van der Waals surface area contributed by atoms with E-state index >= 15 is 0 Å². The second kappa shape index (κ2) is 4.12. The maximum atomic E-state index is 9.43. The van der Waals surface area contributed by atoms with Crippen LogP contribution in [-0.4, -0.2) is 34.3 Å². The Kier molecular flexibility index (Phi) is 2.83. The van der Waals surface area contributed by atoms with Crippen molar-refractivity contribution in [2.45, 2.75) is 12.5 Å². The fourth-order valence-electron chi connectivity index (χ4n) is 1.73. The van der Waals surface area contributed by atoms with Crippen LogP contribution in [0.2, 0.25) is 0 Å². The third-order valence-corrected chi connectivity index (χ3v) is 2.73. The molecule has 1 aromatic rings. The minimum Gasteiger partial charge on any atom is -0.391 e. The average molecular weight is 223 g/mol. The predicted octanol–water partition coefficient (Wildman–Crippen LogP) is 0.287. The maximum Gasteiger partial charge on any atom is 0.122 e. The number of nitrogens with zero attached hydrogens (tertiary/aromatic N) is 2. The molecule has 1 unspecified atom stereocenters. The quantitative estimate of drug-likeness (QED) is 0.705. The van der Waals surface area contributed by atoms with Gasteiger partial charge in [-0.2, -0.15) is 0 Å². The molecule has 1 saturated heterocycles. The summed E-state index contributed by atoms with van der Waals surface area (Å²) in [7, 11) is 0. The SMILES string of the molecule is NC(=S)c1cc(N2CCC(O)C2)ccn1. The van der Waals surface area contributed by atoms with E-state index in [2.05, 4.69) is 9.88 Å². The van der Waals surface area contributed by atoms with Gasteiger partial charge >= 0.3 is 0 Å². The molecule has 4 nitrogen and oxygen atoms in total.